The second-order valence-electron chi connectivity index (χ2n) is 7.08. The summed E-state index contributed by atoms with van der Waals surface area (Å²) in [6.45, 7) is 3.75. The van der Waals surface area contributed by atoms with Crippen molar-refractivity contribution in [3.8, 4) is 11.5 Å². The molecule has 1 fully saturated rings. The van der Waals surface area contributed by atoms with Crippen LogP contribution in [0, 0.1) is 12.7 Å². The normalized spacial score (nSPS) is 15.7. The average molecular weight is 453 g/mol. The molecule has 6 nitrogen and oxygen atoms in total. The number of ether oxygens (including phenoxy) is 2. The van der Waals surface area contributed by atoms with Crippen molar-refractivity contribution in [2.24, 2.45) is 0 Å². The Bertz CT molecular complexity index is 1140. The molecule has 0 saturated carbocycles. The highest BCUT2D eigenvalue weighted by molar-refractivity contribution is 8.00. The maximum atomic E-state index is 13.4. The molecular formula is C24H21FN2O4S. The van der Waals surface area contributed by atoms with Gasteiger partial charge in [-0.15, -0.1) is 11.8 Å². The van der Waals surface area contributed by atoms with Crippen molar-refractivity contribution in [3.63, 3.8) is 0 Å². The topological polar surface area (TPSA) is 68.7 Å². The first-order chi connectivity index (χ1) is 15.5. The molecule has 1 atom stereocenters. The fourth-order valence-corrected chi connectivity index (χ4v) is 4.70. The Balaban J connectivity index is 1.79. The fourth-order valence-electron chi connectivity index (χ4n) is 3.53. The van der Waals surface area contributed by atoms with Crippen LogP contribution in [0.4, 0.5) is 10.1 Å². The molecule has 3 aromatic rings. The number of pyridine rings is 1. The van der Waals surface area contributed by atoms with Crippen LogP contribution in [-0.4, -0.2) is 29.2 Å². The van der Waals surface area contributed by atoms with Crippen molar-refractivity contribution in [2.75, 3.05) is 17.3 Å². The number of thioether (sulfide) groups is 1. The van der Waals surface area contributed by atoms with E-state index in [0.29, 0.717) is 28.5 Å². The molecule has 2 heterocycles. The third-order valence-electron chi connectivity index (χ3n) is 5.01. The molecule has 0 N–H and O–H groups in total. The van der Waals surface area contributed by atoms with E-state index in [-0.39, 0.29) is 29.3 Å². The van der Waals surface area contributed by atoms with Gasteiger partial charge in [0.1, 0.15) is 28.3 Å². The van der Waals surface area contributed by atoms with E-state index < -0.39 is 5.97 Å². The number of anilines is 1. The lowest BCUT2D eigenvalue weighted by molar-refractivity contribution is -0.115. The van der Waals surface area contributed by atoms with Crippen molar-refractivity contribution in [3.05, 3.63) is 83.4 Å². The van der Waals surface area contributed by atoms with Crippen molar-refractivity contribution in [1.82, 2.24) is 4.98 Å². The number of amides is 1. The number of halogens is 1. The smallest absolute Gasteiger partial charge is 0.341 e. The molecule has 0 spiro atoms. The second-order valence-corrected chi connectivity index (χ2v) is 8.14. The zero-order valence-electron chi connectivity index (χ0n) is 17.6. The minimum atomic E-state index is -0.516. The van der Waals surface area contributed by atoms with Crippen molar-refractivity contribution in [1.29, 1.82) is 0 Å². The molecule has 1 aliphatic rings. The van der Waals surface area contributed by atoms with E-state index in [9.17, 15) is 14.0 Å². The number of esters is 1. The van der Waals surface area contributed by atoms with Crippen molar-refractivity contribution >= 4 is 29.3 Å². The van der Waals surface area contributed by atoms with Gasteiger partial charge in [-0.05, 0) is 55.8 Å². The fraction of sp³-hybridized carbons (Fsp3) is 0.208. The van der Waals surface area contributed by atoms with Gasteiger partial charge in [0, 0.05) is 11.8 Å². The van der Waals surface area contributed by atoms with E-state index in [2.05, 4.69) is 4.98 Å². The number of benzene rings is 2. The summed E-state index contributed by atoms with van der Waals surface area (Å²) in [5.74, 6) is 0.116. The number of hydrogen-bond donors (Lipinski definition) is 0. The van der Waals surface area contributed by atoms with Crippen LogP contribution in [0.2, 0.25) is 0 Å². The van der Waals surface area contributed by atoms with E-state index in [1.807, 2.05) is 0 Å². The van der Waals surface area contributed by atoms with Gasteiger partial charge < -0.3 is 9.47 Å². The summed E-state index contributed by atoms with van der Waals surface area (Å²) in [4.78, 5) is 31.2. The van der Waals surface area contributed by atoms with Gasteiger partial charge in [-0.2, -0.15) is 0 Å². The molecule has 164 valence electrons. The first-order valence-corrected chi connectivity index (χ1v) is 11.1. The number of carbonyl (C=O) groups is 2. The highest BCUT2D eigenvalue weighted by Gasteiger charge is 2.36. The second kappa shape index (κ2) is 9.40. The quantitative estimate of drug-likeness (QED) is 0.474. The van der Waals surface area contributed by atoms with Crippen LogP contribution in [0.3, 0.4) is 0 Å². The molecule has 1 amide bonds. The van der Waals surface area contributed by atoms with Gasteiger partial charge >= 0.3 is 5.97 Å². The summed E-state index contributed by atoms with van der Waals surface area (Å²) < 4.78 is 24.7. The van der Waals surface area contributed by atoms with E-state index in [0.717, 1.165) is 5.56 Å². The Morgan fingerprint density at radius 3 is 2.69 bits per heavy atom. The molecule has 32 heavy (non-hydrogen) atoms. The molecule has 1 unspecified atom stereocenters. The Morgan fingerprint density at radius 1 is 1.22 bits per heavy atom. The molecule has 4 rings (SSSR count). The Labute approximate surface area is 189 Å². The lowest BCUT2D eigenvalue weighted by Crippen LogP contribution is -2.28. The van der Waals surface area contributed by atoms with Crippen LogP contribution >= 0.6 is 11.8 Å². The zero-order chi connectivity index (χ0) is 22.7. The third kappa shape index (κ3) is 4.31. The van der Waals surface area contributed by atoms with Gasteiger partial charge in [0.15, 0.2) is 0 Å². The first kappa shape index (κ1) is 21.8. The largest absolute Gasteiger partial charge is 0.462 e. The maximum Gasteiger partial charge on any atom is 0.341 e. The van der Waals surface area contributed by atoms with Crippen molar-refractivity contribution < 1.29 is 23.5 Å². The Hall–Kier alpha value is -3.39. The number of rotatable bonds is 6. The highest BCUT2D eigenvalue weighted by Crippen LogP contribution is 2.45. The lowest BCUT2D eigenvalue weighted by atomic mass is 10.1. The summed E-state index contributed by atoms with van der Waals surface area (Å²) in [6.07, 6.45) is 3.16. The van der Waals surface area contributed by atoms with Gasteiger partial charge in [0.25, 0.3) is 0 Å². The Morgan fingerprint density at radius 2 is 2.00 bits per heavy atom. The monoisotopic (exact) mass is 452 g/mol. The van der Waals surface area contributed by atoms with Crippen LogP contribution in [0.25, 0.3) is 0 Å². The van der Waals surface area contributed by atoms with Crippen LogP contribution in [0.5, 0.6) is 11.5 Å². The summed E-state index contributed by atoms with van der Waals surface area (Å²) in [5, 5.41) is -0.318. The molecule has 0 bridgehead atoms. The lowest BCUT2D eigenvalue weighted by Gasteiger charge is -2.27. The number of carbonyl (C=O) groups excluding carboxylic acids is 2. The van der Waals surface area contributed by atoms with E-state index in [4.69, 9.17) is 9.47 Å². The maximum absolute atomic E-state index is 13.4. The van der Waals surface area contributed by atoms with E-state index >= 15 is 0 Å². The molecule has 1 aromatic heterocycles. The number of nitrogens with zero attached hydrogens (tertiary/aromatic N) is 2. The summed E-state index contributed by atoms with van der Waals surface area (Å²) in [5.41, 5.74) is 2.30. The molecule has 2 aromatic carbocycles. The molecule has 1 saturated heterocycles. The first-order valence-electron chi connectivity index (χ1n) is 10.1. The van der Waals surface area contributed by atoms with Gasteiger partial charge in [-0.1, -0.05) is 12.1 Å². The minimum absolute atomic E-state index is 0.0800. The summed E-state index contributed by atoms with van der Waals surface area (Å²) in [7, 11) is 0. The van der Waals surface area contributed by atoms with Gasteiger partial charge in [0.2, 0.25) is 5.91 Å². The predicted octanol–water partition coefficient (Wildman–Crippen LogP) is 5.28. The molecule has 0 aliphatic carbocycles. The molecule has 8 heteroatoms. The Kier molecular flexibility index (Phi) is 6.41. The molecule has 1 aliphatic heterocycles. The summed E-state index contributed by atoms with van der Waals surface area (Å²) >= 11 is 1.46. The standard InChI is InChI=1S/C24H21FN2O4S/c1-3-30-24(29)19-10-11-20(15(2)22(19)31-18-5-4-12-26-13-18)27-21(28)14-32-23(27)16-6-8-17(25)9-7-16/h4-13,23H,3,14H2,1-2H3. The minimum Gasteiger partial charge on any atom is -0.462 e. The predicted molar refractivity (Wildman–Crippen MR) is 121 cm³/mol. The van der Waals surface area contributed by atoms with Gasteiger partial charge in [0.05, 0.1) is 24.2 Å². The van der Waals surface area contributed by atoms with Crippen LogP contribution < -0.4 is 9.64 Å². The SMILES string of the molecule is CCOC(=O)c1ccc(N2C(=O)CSC2c2ccc(F)cc2)c(C)c1Oc1cccnc1. The van der Waals surface area contributed by atoms with Crippen LogP contribution in [-0.2, 0) is 9.53 Å². The van der Waals surface area contributed by atoms with Crippen LogP contribution in [0.1, 0.15) is 33.8 Å². The number of aromatic nitrogens is 1. The highest BCUT2D eigenvalue weighted by atomic mass is 32.2. The van der Waals surface area contributed by atoms with E-state index in [1.165, 1.54) is 23.9 Å². The van der Waals surface area contributed by atoms with Crippen molar-refractivity contribution in [2.45, 2.75) is 19.2 Å². The average Bonchev–Trinajstić information content (AvgIpc) is 3.17. The van der Waals surface area contributed by atoms with Gasteiger partial charge in [-0.25, -0.2) is 9.18 Å². The third-order valence-corrected chi connectivity index (χ3v) is 6.22. The molecule has 0 radical (unpaired) electrons. The number of hydrogen-bond acceptors (Lipinski definition) is 6. The van der Waals surface area contributed by atoms with Gasteiger partial charge in [-0.3, -0.25) is 14.7 Å². The van der Waals surface area contributed by atoms with Crippen LogP contribution in [0.15, 0.2) is 60.9 Å². The summed E-state index contributed by atoms with van der Waals surface area (Å²) in [6, 6.07) is 12.9. The van der Waals surface area contributed by atoms with E-state index in [1.54, 1.807) is 67.5 Å². The molecular weight excluding hydrogens is 431 g/mol. The zero-order valence-corrected chi connectivity index (χ0v) is 18.4.